The summed E-state index contributed by atoms with van der Waals surface area (Å²) in [6.07, 6.45) is 7.96. The van der Waals surface area contributed by atoms with Crippen LogP contribution in [0.1, 0.15) is 49.7 Å². The Labute approximate surface area is 175 Å². The van der Waals surface area contributed by atoms with Crippen LogP contribution in [0.25, 0.3) is 0 Å². The van der Waals surface area contributed by atoms with E-state index < -0.39 is 0 Å². The molecular formula is C22H27BrClNO2. The summed E-state index contributed by atoms with van der Waals surface area (Å²) in [5.74, 6) is 1.49. The Bertz CT molecular complexity index is 728. The molecule has 1 aliphatic rings. The molecule has 0 unspecified atom stereocenters. The van der Waals surface area contributed by atoms with Crippen LogP contribution in [0, 0.1) is 0 Å². The second kappa shape index (κ2) is 10.4. The van der Waals surface area contributed by atoms with E-state index in [0.29, 0.717) is 12.6 Å². The number of rotatable bonds is 7. The lowest BCUT2D eigenvalue weighted by atomic mass is 10.1. The fraction of sp³-hybridized carbons (Fsp3) is 0.455. The zero-order valence-corrected chi connectivity index (χ0v) is 18.1. The molecule has 0 heterocycles. The van der Waals surface area contributed by atoms with E-state index in [1.807, 2.05) is 30.3 Å². The molecule has 0 spiro atoms. The molecule has 0 saturated heterocycles. The van der Waals surface area contributed by atoms with Gasteiger partial charge in [-0.05, 0) is 48.2 Å². The molecular weight excluding hydrogens is 426 g/mol. The van der Waals surface area contributed by atoms with E-state index in [2.05, 4.69) is 27.3 Å². The molecule has 1 saturated carbocycles. The standard InChI is InChI=1S/C22H27BrClNO2/c1-26-21-12-17(14-25-19-6-4-2-3-5-7-19)20(23)13-22(21)27-15-16-8-10-18(24)11-9-16/h8-13,19,25H,2-7,14-15H2,1H3. The predicted octanol–water partition coefficient (Wildman–Crippen LogP) is 6.50. The SMILES string of the molecule is COc1cc(CNC2CCCCCC2)c(Br)cc1OCc1ccc(Cl)cc1. The highest BCUT2D eigenvalue weighted by atomic mass is 79.9. The summed E-state index contributed by atoms with van der Waals surface area (Å²) >= 11 is 9.63. The van der Waals surface area contributed by atoms with Gasteiger partial charge in [-0.2, -0.15) is 0 Å². The van der Waals surface area contributed by atoms with Crippen molar-refractivity contribution in [3.63, 3.8) is 0 Å². The fourth-order valence-corrected chi connectivity index (χ4v) is 4.05. The molecule has 2 aromatic carbocycles. The van der Waals surface area contributed by atoms with Crippen LogP contribution in [0.4, 0.5) is 0 Å². The van der Waals surface area contributed by atoms with E-state index in [9.17, 15) is 0 Å². The van der Waals surface area contributed by atoms with E-state index in [0.717, 1.165) is 33.1 Å². The smallest absolute Gasteiger partial charge is 0.162 e. The van der Waals surface area contributed by atoms with Crippen molar-refractivity contribution in [3.8, 4) is 11.5 Å². The fourth-order valence-electron chi connectivity index (χ4n) is 3.46. The number of benzene rings is 2. The van der Waals surface area contributed by atoms with Gasteiger partial charge in [0.15, 0.2) is 11.5 Å². The van der Waals surface area contributed by atoms with E-state index >= 15 is 0 Å². The van der Waals surface area contributed by atoms with Crippen LogP contribution in [-0.2, 0) is 13.2 Å². The summed E-state index contributed by atoms with van der Waals surface area (Å²) in [6.45, 7) is 1.30. The van der Waals surface area contributed by atoms with Gasteiger partial charge in [0.25, 0.3) is 0 Å². The molecule has 0 atom stereocenters. The summed E-state index contributed by atoms with van der Waals surface area (Å²) in [6, 6.07) is 12.4. The van der Waals surface area contributed by atoms with Crippen molar-refractivity contribution in [2.24, 2.45) is 0 Å². The van der Waals surface area contributed by atoms with Gasteiger partial charge < -0.3 is 14.8 Å². The minimum absolute atomic E-state index is 0.472. The van der Waals surface area contributed by atoms with E-state index in [-0.39, 0.29) is 0 Å². The Kier molecular flexibility index (Phi) is 7.86. The number of hydrogen-bond acceptors (Lipinski definition) is 3. The largest absolute Gasteiger partial charge is 0.493 e. The lowest BCUT2D eigenvalue weighted by Crippen LogP contribution is -2.28. The van der Waals surface area contributed by atoms with Gasteiger partial charge in [0.1, 0.15) is 6.61 Å². The Morgan fingerprint density at radius 2 is 1.74 bits per heavy atom. The quantitative estimate of drug-likeness (QED) is 0.486. The second-order valence-corrected chi connectivity index (χ2v) is 8.37. The van der Waals surface area contributed by atoms with Crippen LogP contribution < -0.4 is 14.8 Å². The first-order chi connectivity index (χ1) is 13.2. The molecule has 3 rings (SSSR count). The summed E-state index contributed by atoms with van der Waals surface area (Å²) in [4.78, 5) is 0. The summed E-state index contributed by atoms with van der Waals surface area (Å²) < 4.78 is 12.6. The van der Waals surface area contributed by atoms with Crippen molar-refractivity contribution in [3.05, 3.63) is 57.0 Å². The monoisotopic (exact) mass is 451 g/mol. The Hall–Kier alpha value is -1.23. The molecule has 27 heavy (non-hydrogen) atoms. The molecule has 0 radical (unpaired) electrons. The number of methoxy groups -OCH3 is 1. The van der Waals surface area contributed by atoms with Crippen molar-refractivity contribution < 1.29 is 9.47 Å². The lowest BCUT2D eigenvalue weighted by molar-refractivity contribution is 0.284. The molecule has 2 aromatic rings. The first-order valence-electron chi connectivity index (χ1n) is 9.63. The van der Waals surface area contributed by atoms with E-state index in [1.165, 1.54) is 44.1 Å². The van der Waals surface area contributed by atoms with Crippen molar-refractivity contribution in [2.45, 2.75) is 57.7 Å². The Morgan fingerprint density at radius 3 is 2.41 bits per heavy atom. The predicted molar refractivity (Wildman–Crippen MR) is 115 cm³/mol. The van der Waals surface area contributed by atoms with Crippen molar-refractivity contribution in [2.75, 3.05) is 7.11 Å². The van der Waals surface area contributed by atoms with Crippen molar-refractivity contribution in [1.82, 2.24) is 5.32 Å². The Balaban J connectivity index is 1.63. The average molecular weight is 453 g/mol. The number of nitrogens with one attached hydrogen (secondary N) is 1. The van der Waals surface area contributed by atoms with Gasteiger partial charge in [-0.25, -0.2) is 0 Å². The Morgan fingerprint density at radius 1 is 1.04 bits per heavy atom. The zero-order valence-electron chi connectivity index (χ0n) is 15.8. The molecule has 0 bridgehead atoms. The van der Waals surface area contributed by atoms with Crippen LogP contribution in [0.3, 0.4) is 0 Å². The minimum atomic E-state index is 0.472. The molecule has 5 heteroatoms. The second-order valence-electron chi connectivity index (χ2n) is 7.08. The molecule has 0 aromatic heterocycles. The van der Waals surface area contributed by atoms with Gasteiger partial charge >= 0.3 is 0 Å². The van der Waals surface area contributed by atoms with Gasteiger partial charge in [-0.1, -0.05) is 65.3 Å². The molecule has 3 nitrogen and oxygen atoms in total. The number of ether oxygens (including phenoxy) is 2. The maximum Gasteiger partial charge on any atom is 0.162 e. The summed E-state index contributed by atoms with van der Waals surface area (Å²) in [5, 5.41) is 4.44. The highest BCUT2D eigenvalue weighted by molar-refractivity contribution is 9.10. The normalized spacial score (nSPS) is 15.4. The summed E-state index contributed by atoms with van der Waals surface area (Å²) in [5.41, 5.74) is 2.26. The molecule has 1 aliphatic carbocycles. The molecule has 1 fully saturated rings. The van der Waals surface area contributed by atoms with Gasteiger partial charge in [-0.3, -0.25) is 0 Å². The van der Waals surface area contributed by atoms with Gasteiger partial charge in [0, 0.05) is 22.1 Å². The summed E-state index contributed by atoms with van der Waals surface area (Å²) in [7, 11) is 1.68. The highest BCUT2D eigenvalue weighted by Crippen LogP contribution is 2.34. The molecule has 0 aliphatic heterocycles. The molecule has 146 valence electrons. The third-order valence-electron chi connectivity index (χ3n) is 5.08. The van der Waals surface area contributed by atoms with Gasteiger partial charge in [-0.15, -0.1) is 0 Å². The molecule has 1 N–H and O–H groups in total. The first kappa shape index (κ1) is 20.5. The van der Waals surface area contributed by atoms with Crippen LogP contribution >= 0.6 is 27.5 Å². The highest BCUT2D eigenvalue weighted by Gasteiger charge is 2.14. The number of halogens is 2. The lowest BCUT2D eigenvalue weighted by Gasteiger charge is -2.18. The third kappa shape index (κ3) is 6.13. The van der Waals surface area contributed by atoms with Gasteiger partial charge in [0.2, 0.25) is 0 Å². The van der Waals surface area contributed by atoms with Crippen LogP contribution in [0.15, 0.2) is 40.9 Å². The maximum atomic E-state index is 5.98. The maximum absolute atomic E-state index is 5.98. The van der Waals surface area contributed by atoms with Crippen LogP contribution in [0.2, 0.25) is 5.02 Å². The van der Waals surface area contributed by atoms with Crippen LogP contribution in [-0.4, -0.2) is 13.2 Å². The van der Waals surface area contributed by atoms with E-state index in [1.54, 1.807) is 7.11 Å². The average Bonchev–Trinajstić information content (AvgIpc) is 2.95. The van der Waals surface area contributed by atoms with Crippen LogP contribution in [0.5, 0.6) is 11.5 Å². The first-order valence-corrected chi connectivity index (χ1v) is 10.8. The zero-order chi connectivity index (χ0) is 19.1. The van der Waals surface area contributed by atoms with Gasteiger partial charge in [0.05, 0.1) is 7.11 Å². The number of hydrogen-bond donors (Lipinski definition) is 1. The third-order valence-corrected chi connectivity index (χ3v) is 6.07. The van der Waals surface area contributed by atoms with E-state index in [4.69, 9.17) is 21.1 Å². The van der Waals surface area contributed by atoms with Crippen molar-refractivity contribution >= 4 is 27.5 Å². The minimum Gasteiger partial charge on any atom is -0.493 e. The topological polar surface area (TPSA) is 30.5 Å². The molecule has 0 amide bonds. The van der Waals surface area contributed by atoms with Crippen molar-refractivity contribution in [1.29, 1.82) is 0 Å².